The van der Waals surface area contributed by atoms with E-state index < -0.39 is 0 Å². The number of benzene rings is 8. The van der Waals surface area contributed by atoms with Crippen molar-refractivity contribution >= 4 is 87.0 Å². The Hall–Kier alpha value is -7.94. The molecule has 0 atom stereocenters. The second-order valence-electron chi connectivity index (χ2n) is 14.4. The molecule has 11 aromatic rings. The molecule has 0 aliphatic rings. The van der Waals surface area contributed by atoms with Gasteiger partial charge in [0.15, 0.2) is 17.1 Å². The Morgan fingerprint density at radius 1 is 0.386 bits per heavy atom. The molecule has 3 aromatic heterocycles. The highest BCUT2D eigenvalue weighted by molar-refractivity contribution is 6.21. The average molecular weight is 726 g/mol. The van der Waals surface area contributed by atoms with Gasteiger partial charge in [0.1, 0.15) is 0 Å². The number of aromatic nitrogens is 4. The Bertz CT molecular complexity index is 3580. The van der Waals surface area contributed by atoms with Gasteiger partial charge in [-0.25, -0.2) is 15.0 Å². The van der Waals surface area contributed by atoms with E-state index in [1.165, 1.54) is 0 Å². The van der Waals surface area contributed by atoms with Crippen LogP contribution >= 0.6 is 0 Å². The molecule has 5 nitrogen and oxygen atoms in total. The summed E-state index contributed by atoms with van der Waals surface area (Å²) in [5, 5.41) is 22.6. The van der Waals surface area contributed by atoms with E-state index in [1.807, 2.05) is 48.5 Å². The van der Waals surface area contributed by atoms with Crippen LogP contribution in [0.2, 0.25) is 0 Å². The summed E-state index contributed by atoms with van der Waals surface area (Å²) in [5.41, 5.74) is 5.99. The predicted molar refractivity (Wildman–Crippen MR) is 236 cm³/mol. The minimum Gasteiger partial charge on any atom is -0.309 e. The molecule has 0 amide bonds. The van der Waals surface area contributed by atoms with Gasteiger partial charge >= 0.3 is 0 Å². The molecule has 3 heterocycles. The monoisotopic (exact) mass is 725 g/mol. The fraction of sp³-hybridized carbons (Fsp3) is 0. The largest absolute Gasteiger partial charge is 0.309 e. The lowest BCUT2D eigenvalue weighted by Crippen LogP contribution is -1.94. The topological polar surface area (TPSA) is 67.4 Å². The fourth-order valence-corrected chi connectivity index (χ4v) is 8.22. The van der Waals surface area contributed by atoms with Crippen LogP contribution in [-0.4, -0.2) is 19.5 Å². The van der Waals surface area contributed by atoms with Crippen LogP contribution in [0.5, 0.6) is 0 Å². The molecule has 8 aromatic carbocycles. The van der Waals surface area contributed by atoms with E-state index in [2.05, 4.69) is 150 Å². The maximum Gasteiger partial charge on any atom is 0.164 e. The molecule has 0 saturated carbocycles. The molecule has 0 aliphatic heterocycles. The van der Waals surface area contributed by atoms with Crippen LogP contribution in [0.3, 0.4) is 0 Å². The summed E-state index contributed by atoms with van der Waals surface area (Å²) in [5.74, 6) is 0.628. The van der Waals surface area contributed by atoms with Gasteiger partial charge in [0.25, 0.3) is 0 Å². The van der Waals surface area contributed by atoms with Crippen molar-refractivity contribution in [1.82, 2.24) is 19.5 Å². The molecule has 0 radical (unpaired) electrons. The van der Waals surface area contributed by atoms with E-state index in [0.717, 1.165) is 86.9 Å². The van der Waals surface area contributed by atoms with Gasteiger partial charge in [0, 0.05) is 38.2 Å². The molecule has 57 heavy (non-hydrogen) atoms. The Kier molecular flexibility index (Phi) is 7.48. The molecule has 0 aliphatic carbocycles. The summed E-state index contributed by atoms with van der Waals surface area (Å²) < 4.78 is 2.34. The summed E-state index contributed by atoms with van der Waals surface area (Å²) in [4.78, 5) is 15.2. The minimum absolute atomic E-state index is 0.615. The number of nitriles is 1. The smallest absolute Gasteiger partial charge is 0.164 e. The SMILES string of the molecule is N#Cc1ccc2c(c1)c1cc3cc(c4cccc(c4)c4cccc(c4)c4nc(-c5ccccc5)nc(n4)c4cccc(c4)c4cccc3c4)c1n2-c1ccccc1. The van der Waals surface area contributed by atoms with Gasteiger partial charge in [-0.15, -0.1) is 0 Å². The fourth-order valence-electron chi connectivity index (χ4n) is 8.22. The zero-order valence-electron chi connectivity index (χ0n) is 30.6. The Morgan fingerprint density at radius 2 is 0.895 bits per heavy atom. The summed E-state index contributed by atoms with van der Waals surface area (Å²) >= 11 is 0. The molecule has 0 N–H and O–H groups in total. The highest BCUT2D eigenvalue weighted by atomic mass is 15.0. The van der Waals surface area contributed by atoms with Crippen molar-refractivity contribution in [2.75, 3.05) is 0 Å². The maximum absolute atomic E-state index is 10.0. The predicted octanol–water partition coefficient (Wildman–Crippen LogP) is 13.1. The van der Waals surface area contributed by atoms with Crippen molar-refractivity contribution in [2.24, 2.45) is 0 Å². The van der Waals surface area contributed by atoms with Crippen molar-refractivity contribution in [3.63, 3.8) is 0 Å². The van der Waals surface area contributed by atoms with Crippen LogP contribution < -0.4 is 0 Å². The third kappa shape index (κ3) is 5.59. The number of hydrogen-bond donors (Lipinski definition) is 0. The van der Waals surface area contributed by atoms with Gasteiger partial charge in [-0.05, 0) is 104 Å². The van der Waals surface area contributed by atoms with Crippen LogP contribution in [0.25, 0.3) is 104 Å². The molecule has 5 heteroatoms. The second-order valence-corrected chi connectivity index (χ2v) is 14.4. The third-order valence-electron chi connectivity index (χ3n) is 10.9. The van der Waals surface area contributed by atoms with Crippen LogP contribution in [-0.2, 0) is 0 Å². The highest BCUT2D eigenvalue weighted by Gasteiger charge is 2.16. The summed E-state index contributed by atoms with van der Waals surface area (Å²) in [6, 6.07) is 68.0. The van der Waals surface area contributed by atoms with Gasteiger partial charge < -0.3 is 4.57 Å². The van der Waals surface area contributed by atoms with Gasteiger partial charge in [-0.1, -0.05) is 121 Å². The van der Waals surface area contributed by atoms with E-state index in [-0.39, 0.29) is 0 Å². The van der Waals surface area contributed by atoms with Crippen molar-refractivity contribution in [2.45, 2.75) is 0 Å². The number of hydrogen-bond acceptors (Lipinski definition) is 4. The first-order chi connectivity index (χ1) is 28.2. The lowest BCUT2D eigenvalue weighted by atomic mass is 10.0. The molecule has 0 saturated heterocycles. The molecular weight excluding hydrogens is 695 g/mol. The molecule has 0 unspecified atom stereocenters. The molecule has 0 spiro atoms. The lowest BCUT2D eigenvalue weighted by Gasteiger charge is -2.10. The maximum atomic E-state index is 10.0. The first kappa shape index (κ1) is 32.5. The van der Waals surface area contributed by atoms with Crippen molar-refractivity contribution in [3.8, 4) is 23.1 Å². The zero-order valence-corrected chi connectivity index (χ0v) is 30.6. The molecule has 11 rings (SSSR count). The van der Waals surface area contributed by atoms with Crippen LogP contribution in [0.4, 0.5) is 0 Å². The summed E-state index contributed by atoms with van der Waals surface area (Å²) in [6.45, 7) is 0. The van der Waals surface area contributed by atoms with Crippen LogP contribution in [0, 0.1) is 11.3 Å². The Labute approximate surface area is 327 Å². The standard InChI is InChI=1S/C52H31N5/c53-32-33-23-24-48-46(25-33)47-31-43-30-45(49(47)57(48)44-21-5-2-6-22-44)40-18-8-14-36(27-40)38-16-10-20-42(29-38)52-55-50(34-11-3-1-4-12-34)54-51(56-52)41-19-9-15-37(28-41)35-13-7-17-39(43)26-35/h1-31H. The molecular formula is C52H31N5. The van der Waals surface area contributed by atoms with Crippen molar-refractivity contribution < 1.29 is 0 Å². The highest BCUT2D eigenvalue weighted by Crippen LogP contribution is 2.39. The normalized spacial score (nSPS) is 11.5. The van der Waals surface area contributed by atoms with E-state index >= 15 is 0 Å². The Morgan fingerprint density at radius 3 is 1.51 bits per heavy atom. The van der Waals surface area contributed by atoms with E-state index in [9.17, 15) is 5.26 Å². The van der Waals surface area contributed by atoms with Gasteiger partial charge in [0.2, 0.25) is 0 Å². The van der Waals surface area contributed by atoms with Gasteiger partial charge in [0.05, 0.1) is 22.7 Å². The zero-order chi connectivity index (χ0) is 37.9. The van der Waals surface area contributed by atoms with Crippen LogP contribution in [0.15, 0.2) is 188 Å². The number of rotatable bonds is 2. The van der Waals surface area contributed by atoms with Crippen molar-refractivity contribution in [1.29, 1.82) is 5.26 Å². The summed E-state index contributed by atoms with van der Waals surface area (Å²) in [7, 11) is 0. The van der Waals surface area contributed by atoms with E-state index in [1.54, 1.807) is 0 Å². The number of para-hydroxylation sites is 1. The summed E-state index contributed by atoms with van der Waals surface area (Å²) in [6.07, 6.45) is 0. The van der Waals surface area contributed by atoms with Crippen LogP contribution in [0.1, 0.15) is 5.56 Å². The minimum atomic E-state index is 0.615. The molecule has 0 fully saturated rings. The molecule has 12 bridgehead atoms. The first-order valence-corrected chi connectivity index (χ1v) is 19.0. The first-order valence-electron chi connectivity index (χ1n) is 19.0. The van der Waals surface area contributed by atoms with E-state index in [4.69, 9.17) is 15.0 Å². The van der Waals surface area contributed by atoms with Crippen molar-refractivity contribution in [3.05, 3.63) is 194 Å². The quantitative estimate of drug-likeness (QED) is 0.178. The molecule has 264 valence electrons. The Balaban J connectivity index is 1.37. The second kappa shape index (κ2) is 13.1. The van der Waals surface area contributed by atoms with Gasteiger partial charge in [-0.3, -0.25) is 0 Å². The van der Waals surface area contributed by atoms with Gasteiger partial charge in [-0.2, -0.15) is 5.26 Å². The van der Waals surface area contributed by atoms with E-state index in [0.29, 0.717) is 22.7 Å². The number of fused-ring (bicyclic) bond motifs is 22. The average Bonchev–Trinajstić information content (AvgIpc) is 3.62. The third-order valence-corrected chi connectivity index (χ3v) is 10.9. The number of nitrogens with zero attached hydrogens (tertiary/aromatic N) is 5. The lowest BCUT2D eigenvalue weighted by molar-refractivity contribution is 1.18.